The third-order valence-electron chi connectivity index (χ3n) is 3.37. The van der Waals surface area contributed by atoms with Crippen molar-refractivity contribution in [1.29, 1.82) is 0 Å². The number of nitrogens with zero attached hydrogens (tertiary/aromatic N) is 2. The zero-order valence-corrected chi connectivity index (χ0v) is 11.3. The van der Waals surface area contributed by atoms with Gasteiger partial charge in [-0.3, -0.25) is 9.78 Å². The number of fused-ring (bicyclic) bond motifs is 1. The fraction of sp³-hybridized carbons (Fsp3) is 0.267. The quantitative estimate of drug-likeness (QED) is 0.881. The van der Waals surface area contributed by atoms with Gasteiger partial charge in [0.15, 0.2) is 0 Å². The van der Waals surface area contributed by atoms with E-state index >= 15 is 0 Å². The Kier molecular flexibility index (Phi) is 3.43. The normalized spacial score (nSPS) is 13.1. The monoisotopic (exact) mass is 268 g/mol. The SMILES string of the molecule is Cc1cnc(C(=O)NCc2ccc3c(c2)CNC3)cn1. The second kappa shape index (κ2) is 5.38. The molecule has 1 aliphatic rings. The lowest BCUT2D eigenvalue weighted by atomic mass is 10.1. The molecule has 0 fully saturated rings. The number of hydrogen-bond acceptors (Lipinski definition) is 4. The molecule has 5 heteroatoms. The lowest BCUT2D eigenvalue weighted by molar-refractivity contribution is 0.0945. The molecule has 1 amide bonds. The summed E-state index contributed by atoms with van der Waals surface area (Å²) in [6.45, 7) is 4.18. The summed E-state index contributed by atoms with van der Waals surface area (Å²) in [6.07, 6.45) is 3.09. The smallest absolute Gasteiger partial charge is 0.271 e. The number of nitrogens with one attached hydrogen (secondary N) is 2. The van der Waals surface area contributed by atoms with Gasteiger partial charge in [0.25, 0.3) is 5.91 Å². The predicted octanol–water partition coefficient (Wildman–Crippen LogP) is 1.32. The van der Waals surface area contributed by atoms with Gasteiger partial charge in [-0.25, -0.2) is 4.98 Å². The summed E-state index contributed by atoms with van der Waals surface area (Å²) in [4.78, 5) is 20.1. The van der Waals surface area contributed by atoms with Gasteiger partial charge in [0.05, 0.1) is 11.9 Å². The summed E-state index contributed by atoms with van der Waals surface area (Å²) in [7, 11) is 0. The molecule has 20 heavy (non-hydrogen) atoms. The van der Waals surface area contributed by atoms with Crippen LogP contribution in [0.1, 0.15) is 32.9 Å². The number of benzene rings is 1. The number of carbonyl (C=O) groups is 1. The van der Waals surface area contributed by atoms with Crippen LogP contribution in [0.25, 0.3) is 0 Å². The molecule has 0 saturated carbocycles. The van der Waals surface area contributed by atoms with Crippen LogP contribution in [-0.4, -0.2) is 15.9 Å². The van der Waals surface area contributed by atoms with Gasteiger partial charge in [-0.15, -0.1) is 0 Å². The minimum Gasteiger partial charge on any atom is -0.347 e. The molecule has 0 atom stereocenters. The Morgan fingerprint density at radius 1 is 1.25 bits per heavy atom. The highest BCUT2D eigenvalue weighted by molar-refractivity contribution is 5.91. The zero-order chi connectivity index (χ0) is 13.9. The minimum absolute atomic E-state index is 0.198. The van der Waals surface area contributed by atoms with E-state index < -0.39 is 0 Å². The van der Waals surface area contributed by atoms with Gasteiger partial charge in [-0.2, -0.15) is 0 Å². The highest BCUT2D eigenvalue weighted by atomic mass is 16.1. The molecule has 0 radical (unpaired) electrons. The van der Waals surface area contributed by atoms with Crippen molar-refractivity contribution < 1.29 is 4.79 Å². The standard InChI is InChI=1S/C15H16N4O/c1-10-5-18-14(9-17-10)15(20)19-6-11-2-3-12-7-16-8-13(12)4-11/h2-5,9,16H,6-8H2,1H3,(H,19,20). The second-order valence-electron chi connectivity index (χ2n) is 4.93. The van der Waals surface area contributed by atoms with Crippen molar-refractivity contribution >= 4 is 5.91 Å². The van der Waals surface area contributed by atoms with E-state index in [-0.39, 0.29) is 5.91 Å². The average molecular weight is 268 g/mol. The van der Waals surface area contributed by atoms with Crippen molar-refractivity contribution in [2.45, 2.75) is 26.6 Å². The first kappa shape index (κ1) is 12.7. The molecule has 2 N–H and O–H groups in total. The first-order chi connectivity index (χ1) is 9.72. The van der Waals surface area contributed by atoms with Crippen molar-refractivity contribution in [2.75, 3.05) is 0 Å². The van der Waals surface area contributed by atoms with E-state index in [2.05, 4.69) is 32.7 Å². The highest BCUT2D eigenvalue weighted by Gasteiger charge is 2.11. The van der Waals surface area contributed by atoms with Gasteiger partial charge in [0, 0.05) is 25.8 Å². The number of aryl methyl sites for hydroxylation is 1. The summed E-state index contributed by atoms with van der Waals surface area (Å²) in [5.41, 5.74) is 4.89. The van der Waals surface area contributed by atoms with Crippen LogP contribution in [-0.2, 0) is 19.6 Å². The molecule has 0 spiro atoms. The van der Waals surface area contributed by atoms with E-state index in [0.29, 0.717) is 12.2 Å². The Morgan fingerprint density at radius 2 is 2.10 bits per heavy atom. The topological polar surface area (TPSA) is 66.9 Å². The molecule has 1 aromatic heterocycles. The van der Waals surface area contributed by atoms with Crippen LogP contribution in [0.2, 0.25) is 0 Å². The highest BCUT2D eigenvalue weighted by Crippen LogP contribution is 2.16. The van der Waals surface area contributed by atoms with Crippen molar-refractivity contribution in [3.63, 3.8) is 0 Å². The number of carbonyl (C=O) groups excluding carboxylic acids is 1. The molecule has 1 aromatic carbocycles. The first-order valence-corrected chi connectivity index (χ1v) is 6.60. The molecule has 1 aliphatic heterocycles. The van der Waals surface area contributed by atoms with Crippen molar-refractivity contribution in [2.24, 2.45) is 0 Å². The Bertz CT molecular complexity index is 637. The van der Waals surface area contributed by atoms with E-state index in [4.69, 9.17) is 0 Å². The van der Waals surface area contributed by atoms with Gasteiger partial charge < -0.3 is 10.6 Å². The van der Waals surface area contributed by atoms with Crippen molar-refractivity contribution in [3.05, 3.63) is 58.7 Å². The maximum Gasteiger partial charge on any atom is 0.271 e. The average Bonchev–Trinajstić information content (AvgIpc) is 2.93. The fourth-order valence-corrected chi connectivity index (χ4v) is 2.24. The largest absolute Gasteiger partial charge is 0.347 e. The summed E-state index contributed by atoms with van der Waals surface area (Å²) in [5, 5.41) is 6.17. The number of aromatic nitrogens is 2. The Hall–Kier alpha value is -2.27. The molecule has 3 rings (SSSR count). The molecule has 0 bridgehead atoms. The Balaban J connectivity index is 1.64. The summed E-state index contributed by atoms with van der Waals surface area (Å²) in [5.74, 6) is -0.198. The molecule has 2 aromatic rings. The van der Waals surface area contributed by atoms with E-state index in [9.17, 15) is 4.79 Å². The Morgan fingerprint density at radius 3 is 2.90 bits per heavy atom. The number of rotatable bonds is 3. The van der Waals surface area contributed by atoms with Crippen molar-refractivity contribution in [3.8, 4) is 0 Å². The maximum absolute atomic E-state index is 11.9. The molecule has 0 aliphatic carbocycles. The third-order valence-corrected chi connectivity index (χ3v) is 3.37. The summed E-state index contributed by atoms with van der Waals surface area (Å²) < 4.78 is 0. The Labute approximate surface area is 117 Å². The predicted molar refractivity (Wildman–Crippen MR) is 74.9 cm³/mol. The van der Waals surface area contributed by atoms with Crippen LogP contribution < -0.4 is 10.6 Å². The first-order valence-electron chi connectivity index (χ1n) is 6.60. The lowest BCUT2D eigenvalue weighted by Crippen LogP contribution is -2.24. The zero-order valence-electron chi connectivity index (χ0n) is 11.3. The van der Waals surface area contributed by atoms with Gasteiger partial charge in [-0.1, -0.05) is 18.2 Å². The van der Waals surface area contributed by atoms with Gasteiger partial charge >= 0.3 is 0 Å². The third kappa shape index (κ3) is 2.67. The van der Waals surface area contributed by atoms with E-state index in [1.54, 1.807) is 6.20 Å². The van der Waals surface area contributed by atoms with Crippen LogP contribution in [0.5, 0.6) is 0 Å². The molecule has 2 heterocycles. The molecular formula is C15H16N4O. The van der Waals surface area contributed by atoms with E-state index in [1.807, 2.05) is 13.0 Å². The van der Waals surface area contributed by atoms with E-state index in [1.165, 1.54) is 17.3 Å². The van der Waals surface area contributed by atoms with E-state index in [0.717, 1.165) is 24.3 Å². The maximum atomic E-state index is 11.9. The minimum atomic E-state index is -0.198. The van der Waals surface area contributed by atoms with Crippen LogP contribution in [0.4, 0.5) is 0 Å². The summed E-state index contributed by atoms with van der Waals surface area (Å²) >= 11 is 0. The molecule has 102 valence electrons. The van der Waals surface area contributed by atoms with Gasteiger partial charge in [-0.05, 0) is 23.6 Å². The fourth-order valence-electron chi connectivity index (χ4n) is 2.24. The summed E-state index contributed by atoms with van der Waals surface area (Å²) in [6, 6.07) is 6.30. The van der Waals surface area contributed by atoms with Gasteiger partial charge in [0.1, 0.15) is 5.69 Å². The lowest BCUT2D eigenvalue weighted by Gasteiger charge is -2.06. The molecule has 0 saturated heterocycles. The van der Waals surface area contributed by atoms with Crippen LogP contribution in [0, 0.1) is 6.92 Å². The van der Waals surface area contributed by atoms with Crippen LogP contribution in [0.15, 0.2) is 30.6 Å². The number of hydrogen-bond donors (Lipinski definition) is 2. The molecule has 0 unspecified atom stereocenters. The molecular weight excluding hydrogens is 252 g/mol. The van der Waals surface area contributed by atoms with Crippen LogP contribution >= 0.6 is 0 Å². The molecule has 5 nitrogen and oxygen atoms in total. The number of amides is 1. The van der Waals surface area contributed by atoms with Crippen LogP contribution in [0.3, 0.4) is 0 Å². The second-order valence-corrected chi connectivity index (χ2v) is 4.93. The van der Waals surface area contributed by atoms with Crippen molar-refractivity contribution in [1.82, 2.24) is 20.6 Å². The van der Waals surface area contributed by atoms with Gasteiger partial charge in [0.2, 0.25) is 0 Å².